The second-order valence-electron chi connectivity index (χ2n) is 11.9. The number of ether oxygens (including phenoxy) is 3. The topological polar surface area (TPSA) is 65.0 Å². The summed E-state index contributed by atoms with van der Waals surface area (Å²) >= 11 is 0. The molecule has 0 aliphatic heterocycles. The fraction of sp³-hybridized carbons (Fsp3) is 0.424. The van der Waals surface area contributed by atoms with Crippen LogP contribution in [-0.4, -0.2) is 25.3 Å². The first-order valence-electron chi connectivity index (χ1n) is 13.6. The maximum atomic E-state index is 15.3. The first kappa shape index (κ1) is 27.2. The summed E-state index contributed by atoms with van der Waals surface area (Å²) in [5.74, 6) is -0.490. The molecule has 5 rings (SSSR count). The second-order valence-corrected chi connectivity index (χ2v) is 11.9. The monoisotopic (exact) mass is 532 g/mol. The molecular weight excluding hydrogens is 495 g/mol. The number of carboxylic acids is 1. The Hall–Kier alpha value is -3.38. The molecule has 2 aliphatic rings. The minimum absolute atomic E-state index is 0.196. The largest absolute Gasteiger partial charge is 0.494 e. The van der Waals surface area contributed by atoms with E-state index in [1.165, 1.54) is 12.7 Å². The molecule has 206 valence electrons. The fourth-order valence-electron chi connectivity index (χ4n) is 6.41. The van der Waals surface area contributed by atoms with E-state index in [0.717, 1.165) is 47.3 Å². The van der Waals surface area contributed by atoms with Crippen LogP contribution in [0.1, 0.15) is 68.4 Å². The number of methoxy groups -OCH3 is 2. The molecule has 3 aromatic rings. The Morgan fingerprint density at radius 1 is 1.10 bits per heavy atom. The lowest BCUT2D eigenvalue weighted by molar-refractivity contribution is -0.139. The van der Waals surface area contributed by atoms with Crippen LogP contribution < -0.4 is 9.47 Å². The van der Waals surface area contributed by atoms with Gasteiger partial charge in [0.15, 0.2) is 11.6 Å². The summed E-state index contributed by atoms with van der Waals surface area (Å²) in [6.07, 6.45) is 3.33. The number of carbonyl (C=O) groups is 1. The van der Waals surface area contributed by atoms with E-state index in [2.05, 4.69) is 26.8 Å². The highest BCUT2D eigenvalue weighted by Gasteiger charge is 2.60. The van der Waals surface area contributed by atoms with Crippen LogP contribution in [0.4, 0.5) is 4.39 Å². The third kappa shape index (κ3) is 5.03. The number of benzene rings is 3. The van der Waals surface area contributed by atoms with Gasteiger partial charge in [-0.25, -0.2) is 4.39 Å². The molecule has 1 fully saturated rings. The molecule has 3 atom stereocenters. The highest BCUT2D eigenvalue weighted by Crippen LogP contribution is 2.60. The lowest BCUT2D eigenvalue weighted by Crippen LogP contribution is -2.21. The van der Waals surface area contributed by atoms with Crippen molar-refractivity contribution in [3.8, 4) is 22.6 Å². The van der Waals surface area contributed by atoms with Gasteiger partial charge in [0.05, 0.1) is 19.1 Å². The van der Waals surface area contributed by atoms with Gasteiger partial charge in [-0.2, -0.15) is 0 Å². The Labute approximate surface area is 229 Å². The van der Waals surface area contributed by atoms with Crippen molar-refractivity contribution in [3.63, 3.8) is 0 Å². The number of rotatable bonds is 8. The minimum Gasteiger partial charge on any atom is -0.494 e. The minimum atomic E-state index is -0.708. The molecule has 0 saturated heterocycles. The van der Waals surface area contributed by atoms with E-state index in [-0.39, 0.29) is 28.6 Å². The summed E-state index contributed by atoms with van der Waals surface area (Å²) in [6, 6.07) is 17.2. The van der Waals surface area contributed by atoms with Crippen LogP contribution in [0.15, 0.2) is 54.6 Å². The SMILES string of the molecule is COc1cccc(-c2ccc(COc3ccc4c(c3)[C@]3(CCC4)C[C@H]3C(=O)O)cc2[C@@H](OC)C(C)(C)C)c1F. The first-order chi connectivity index (χ1) is 18.6. The predicted octanol–water partition coefficient (Wildman–Crippen LogP) is 7.49. The standard InChI is InChI=1S/C33H37FO5/c1-32(2,3)30(38-5)25-16-20(11-14-23(25)24-9-6-10-28(37-4)29(24)34)19-39-22-13-12-21-8-7-15-33(26(21)17-22)18-27(33)31(35)36/h6,9-14,16-17,27,30H,7-8,15,18-19H2,1-5H3,(H,35,36)/t27-,30+,33-/m0/s1. The van der Waals surface area contributed by atoms with E-state index in [4.69, 9.17) is 14.2 Å². The lowest BCUT2D eigenvalue weighted by atomic mass is 9.78. The molecule has 0 heterocycles. The van der Waals surface area contributed by atoms with E-state index < -0.39 is 11.8 Å². The van der Waals surface area contributed by atoms with Crippen molar-refractivity contribution in [2.24, 2.45) is 11.3 Å². The van der Waals surface area contributed by atoms with Gasteiger partial charge in [-0.1, -0.05) is 51.1 Å². The van der Waals surface area contributed by atoms with Crippen molar-refractivity contribution >= 4 is 5.97 Å². The van der Waals surface area contributed by atoms with Crippen molar-refractivity contribution < 1.29 is 28.5 Å². The smallest absolute Gasteiger partial charge is 0.307 e. The molecule has 3 aromatic carbocycles. The van der Waals surface area contributed by atoms with E-state index in [9.17, 15) is 9.90 Å². The average Bonchev–Trinajstić information content (AvgIpc) is 3.63. The molecular formula is C33H37FO5. The number of fused-ring (bicyclic) bond motifs is 2. The van der Waals surface area contributed by atoms with Gasteiger partial charge in [-0.15, -0.1) is 0 Å². The normalized spacial score (nSPS) is 20.8. The molecule has 0 aromatic heterocycles. The van der Waals surface area contributed by atoms with Crippen LogP contribution in [-0.2, 0) is 28.0 Å². The highest BCUT2D eigenvalue weighted by molar-refractivity contribution is 5.78. The van der Waals surface area contributed by atoms with Crippen molar-refractivity contribution in [1.82, 2.24) is 0 Å². The van der Waals surface area contributed by atoms with Gasteiger partial charge in [0.2, 0.25) is 0 Å². The number of hydrogen-bond donors (Lipinski definition) is 1. The number of aryl methyl sites for hydroxylation is 1. The molecule has 0 unspecified atom stereocenters. The maximum Gasteiger partial charge on any atom is 0.307 e. The summed E-state index contributed by atoms with van der Waals surface area (Å²) in [4.78, 5) is 11.7. The maximum absolute atomic E-state index is 15.3. The summed E-state index contributed by atoms with van der Waals surface area (Å²) in [6.45, 7) is 6.62. The Kier molecular flexibility index (Phi) is 7.19. The van der Waals surface area contributed by atoms with Gasteiger partial charge in [-0.05, 0) is 83.2 Å². The summed E-state index contributed by atoms with van der Waals surface area (Å²) < 4.78 is 32.8. The number of halogens is 1. The van der Waals surface area contributed by atoms with Crippen molar-refractivity contribution in [1.29, 1.82) is 0 Å². The van der Waals surface area contributed by atoms with E-state index in [0.29, 0.717) is 18.6 Å². The number of hydrogen-bond acceptors (Lipinski definition) is 4. The van der Waals surface area contributed by atoms with Gasteiger partial charge in [0.25, 0.3) is 0 Å². The van der Waals surface area contributed by atoms with Crippen LogP contribution in [0.3, 0.4) is 0 Å². The number of carboxylic acid groups (broad SMARTS) is 1. The van der Waals surface area contributed by atoms with Crippen LogP contribution in [0.5, 0.6) is 11.5 Å². The molecule has 0 bridgehead atoms. The third-order valence-corrected chi connectivity index (χ3v) is 8.36. The van der Waals surface area contributed by atoms with Crippen molar-refractivity contribution in [2.45, 2.75) is 64.6 Å². The summed E-state index contributed by atoms with van der Waals surface area (Å²) in [5, 5.41) is 9.65. The van der Waals surface area contributed by atoms with Gasteiger partial charge >= 0.3 is 5.97 Å². The Morgan fingerprint density at radius 2 is 1.90 bits per heavy atom. The zero-order valence-electron chi connectivity index (χ0n) is 23.3. The quantitative estimate of drug-likeness (QED) is 0.326. The Morgan fingerprint density at radius 3 is 2.56 bits per heavy atom. The molecule has 6 heteroatoms. The van der Waals surface area contributed by atoms with E-state index in [1.54, 1.807) is 25.3 Å². The Balaban J connectivity index is 1.46. The molecule has 5 nitrogen and oxygen atoms in total. The summed E-state index contributed by atoms with van der Waals surface area (Å²) in [5.41, 5.74) is 4.91. The Bertz CT molecular complexity index is 1390. The first-order valence-corrected chi connectivity index (χ1v) is 13.6. The zero-order valence-corrected chi connectivity index (χ0v) is 23.3. The van der Waals surface area contributed by atoms with Crippen molar-refractivity contribution in [2.75, 3.05) is 14.2 Å². The molecule has 39 heavy (non-hydrogen) atoms. The van der Waals surface area contributed by atoms with Crippen LogP contribution in [0.2, 0.25) is 0 Å². The van der Waals surface area contributed by atoms with Crippen LogP contribution in [0, 0.1) is 17.2 Å². The molecule has 2 aliphatic carbocycles. The molecule has 1 spiro atoms. The fourth-order valence-corrected chi connectivity index (χ4v) is 6.41. The second kappa shape index (κ2) is 10.3. The third-order valence-electron chi connectivity index (χ3n) is 8.36. The molecule has 0 amide bonds. The van der Waals surface area contributed by atoms with Gasteiger partial charge in [0.1, 0.15) is 12.4 Å². The zero-order chi connectivity index (χ0) is 27.9. The van der Waals surface area contributed by atoms with Gasteiger partial charge in [-0.3, -0.25) is 4.79 Å². The van der Waals surface area contributed by atoms with Crippen molar-refractivity contribution in [3.05, 3.63) is 82.7 Å². The van der Waals surface area contributed by atoms with Gasteiger partial charge in [0, 0.05) is 18.1 Å². The van der Waals surface area contributed by atoms with Crippen LogP contribution in [0.25, 0.3) is 11.1 Å². The van der Waals surface area contributed by atoms with E-state index >= 15 is 4.39 Å². The number of aliphatic carboxylic acids is 1. The van der Waals surface area contributed by atoms with E-state index in [1.807, 2.05) is 30.3 Å². The lowest BCUT2D eigenvalue weighted by Gasteiger charge is -2.32. The highest BCUT2D eigenvalue weighted by atomic mass is 19.1. The molecule has 1 saturated carbocycles. The van der Waals surface area contributed by atoms with Crippen LogP contribution >= 0.6 is 0 Å². The van der Waals surface area contributed by atoms with Gasteiger partial charge < -0.3 is 19.3 Å². The molecule has 1 N–H and O–H groups in total. The molecule has 0 radical (unpaired) electrons. The average molecular weight is 533 g/mol. The summed E-state index contributed by atoms with van der Waals surface area (Å²) in [7, 11) is 3.14. The predicted molar refractivity (Wildman–Crippen MR) is 149 cm³/mol.